The molecular weight excluding hydrogens is 312 g/mol. The minimum absolute atomic E-state index is 0.600. The lowest BCUT2D eigenvalue weighted by molar-refractivity contribution is 0.281. The van der Waals surface area contributed by atoms with Gasteiger partial charge in [0.25, 0.3) is 0 Å². The van der Waals surface area contributed by atoms with Crippen LogP contribution in [0.2, 0.25) is 0 Å². The summed E-state index contributed by atoms with van der Waals surface area (Å²) in [7, 11) is 3.79. The molecule has 5 nitrogen and oxygen atoms in total. The van der Waals surface area contributed by atoms with Gasteiger partial charge in [0.1, 0.15) is 12.4 Å². The third-order valence-corrected chi connectivity index (χ3v) is 4.00. The summed E-state index contributed by atoms with van der Waals surface area (Å²) < 4.78 is 5.88. The molecule has 0 atom stereocenters. The first-order chi connectivity index (χ1) is 12.0. The van der Waals surface area contributed by atoms with Crippen molar-refractivity contribution in [3.05, 3.63) is 58.9 Å². The second-order valence-electron chi connectivity index (χ2n) is 6.26. The Labute approximate surface area is 150 Å². The predicted octanol–water partition coefficient (Wildman–Crippen LogP) is 3.09. The summed E-state index contributed by atoms with van der Waals surface area (Å²) >= 11 is 0. The van der Waals surface area contributed by atoms with Gasteiger partial charge in [0, 0.05) is 20.3 Å². The summed E-state index contributed by atoms with van der Waals surface area (Å²) in [4.78, 5) is 10.8. The van der Waals surface area contributed by atoms with E-state index in [1.165, 1.54) is 16.7 Å². The van der Waals surface area contributed by atoms with Gasteiger partial charge in [-0.1, -0.05) is 12.1 Å². The fourth-order valence-corrected chi connectivity index (χ4v) is 2.67. The van der Waals surface area contributed by atoms with Crippen LogP contribution in [-0.4, -0.2) is 43.1 Å². The van der Waals surface area contributed by atoms with Gasteiger partial charge in [-0.25, -0.2) is 0 Å². The number of ether oxygens (including phenoxy) is 1. The van der Waals surface area contributed by atoms with Crippen molar-refractivity contribution in [2.24, 2.45) is 4.99 Å². The molecule has 1 aromatic carbocycles. The lowest BCUT2D eigenvalue weighted by Crippen LogP contribution is -2.40. The summed E-state index contributed by atoms with van der Waals surface area (Å²) in [6.45, 7) is 8.22. The van der Waals surface area contributed by atoms with Crippen LogP contribution in [-0.2, 0) is 6.54 Å². The van der Waals surface area contributed by atoms with Crippen LogP contribution in [0.15, 0.2) is 41.5 Å². The summed E-state index contributed by atoms with van der Waals surface area (Å²) in [5.74, 6) is 1.74. The summed E-state index contributed by atoms with van der Waals surface area (Å²) in [5, 5.41) is 3.35. The van der Waals surface area contributed by atoms with Gasteiger partial charge in [-0.15, -0.1) is 0 Å². The van der Waals surface area contributed by atoms with Crippen molar-refractivity contribution in [3.63, 3.8) is 0 Å². The first-order valence-electron chi connectivity index (χ1n) is 8.53. The lowest BCUT2D eigenvalue weighted by atomic mass is 10.1. The first-order valence-corrected chi connectivity index (χ1v) is 8.53. The van der Waals surface area contributed by atoms with Crippen LogP contribution < -0.4 is 10.1 Å². The van der Waals surface area contributed by atoms with Crippen molar-refractivity contribution in [1.82, 2.24) is 15.2 Å². The van der Waals surface area contributed by atoms with Crippen LogP contribution in [0, 0.1) is 20.8 Å². The number of aliphatic imine (C=N–C) groups is 1. The fraction of sp³-hybridized carbons (Fsp3) is 0.400. The standard InChI is InChI=1S/C20H28N4O/c1-15-11-16(2)13-18(12-15)25-10-9-24(5)20(21-4)23-14-19-17(3)7-6-8-22-19/h6-8,11-13H,9-10,14H2,1-5H3,(H,21,23). The number of benzene rings is 1. The molecule has 134 valence electrons. The highest BCUT2D eigenvalue weighted by molar-refractivity contribution is 5.79. The van der Waals surface area contributed by atoms with Crippen molar-refractivity contribution < 1.29 is 4.74 Å². The molecule has 5 heteroatoms. The number of nitrogens with one attached hydrogen (secondary N) is 1. The largest absolute Gasteiger partial charge is 0.492 e. The Hall–Kier alpha value is -2.56. The number of rotatable bonds is 6. The van der Waals surface area contributed by atoms with Gasteiger partial charge >= 0.3 is 0 Å². The van der Waals surface area contributed by atoms with Crippen LogP contribution in [0.25, 0.3) is 0 Å². The molecule has 2 rings (SSSR count). The number of guanidine groups is 1. The molecule has 0 fully saturated rings. The number of pyridine rings is 1. The number of aryl methyl sites for hydroxylation is 3. The minimum Gasteiger partial charge on any atom is -0.492 e. The molecule has 0 bridgehead atoms. The van der Waals surface area contributed by atoms with Crippen molar-refractivity contribution in [3.8, 4) is 5.75 Å². The van der Waals surface area contributed by atoms with Crippen LogP contribution in [0.3, 0.4) is 0 Å². The molecule has 1 aromatic heterocycles. The van der Waals surface area contributed by atoms with E-state index in [1.807, 2.05) is 19.3 Å². The van der Waals surface area contributed by atoms with Gasteiger partial charge in [0.15, 0.2) is 5.96 Å². The molecule has 0 aliphatic carbocycles. The Morgan fingerprint density at radius 1 is 1.20 bits per heavy atom. The molecule has 0 radical (unpaired) electrons. The molecule has 0 amide bonds. The lowest BCUT2D eigenvalue weighted by Gasteiger charge is -2.22. The van der Waals surface area contributed by atoms with Gasteiger partial charge in [-0.2, -0.15) is 0 Å². The van der Waals surface area contributed by atoms with E-state index >= 15 is 0 Å². The highest BCUT2D eigenvalue weighted by Gasteiger charge is 2.07. The molecule has 0 saturated carbocycles. The van der Waals surface area contributed by atoms with Crippen molar-refractivity contribution >= 4 is 5.96 Å². The number of nitrogens with zero attached hydrogens (tertiary/aromatic N) is 3. The van der Waals surface area contributed by atoms with Gasteiger partial charge in [-0.3, -0.25) is 9.98 Å². The van der Waals surface area contributed by atoms with E-state index in [9.17, 15) is 0 Å². The van der Waals surface area contributed by atoms with E-state index in [2.05, 4.69) is 65.2 Å². The predicted molar refractivity (Wildman–Crippen MR) is 103 cm³/mol. The Morgan fingerprint density at radius 3 is 2.56 bits per heavy atom. The van der Waals surface area contributed by atoms with Gasteiger partial charge < -0.3 is 15.0 Å². The van der Waals surface area contributed by atoms with Crippen molar-refractivity contribution in [2.45, 2.75) is 27.3 Å². The summed E-state index contributed by atoms with van der Waals surface area (Å²) in [5.41, 5.74) is 4.63. The van der Waals surface area contributed by atoms with Crippen LogP contribution in [0.1, 0.15) is 22.4 Å². The van der Waals surface area contributed by atoms with Crippen molar-refractivity contribution in [2.75, 3.05) is 27.2 Å². The summed E-state index contributed by atoms with van der Waals surface area (Å²) in [6, 6.07) is 10.3. The van der Waals surface area contributed by atoms with Crippen LogP contribution in [0.5, 0.6) is 5.75 Å². The van der Waals surface area contributed by atoms with Gasteiger partial charge in [0.05, 0.1) is 18.8 Å². The molecule has 2 aromatic rings. The fourth-order valence-electron chi connectivity index (χ4n) is 2.67. The highest BCUT2D eigenvalue weighted by atomic mass is 16.5. The molecule has 1 N–H and O–H groups in total. The third kappa shape index (κ3) is 5.78. The molecule has 0 aliphatic heterocycles. The number of hydrogen-bond acceptors (Lipinski definition) is 3. The molecule has 0 aliphatic rings. The van der Waals surface area contributed by atoms with Gasteiger partial charge in [-0.05, 0) is 55.7 Å². The second kappa shape index (κ2) is 9.06. The highest BCUT2D eigenvalue weighted by Crippen LogP contribution is 2.16. The van der Waals surface area contributed by atoms with E-state index in [0.717, 1.165) is 23.9 Å². The van der Waals surface area contributed by atoms with E-state index < -0.39 is 0 Å². The zero-order chi connectivity index (χ0) is 18.2. The topological polar surface area (TPSA) is 49.8 Å². The second-order valence-corrected chi connectivity index (χ2v) is 6.26. The number of hydrogen-bond donors (Lipinski definition) is 1. The number of likely N-dealkylation sites (N-methyl/N-ethyl adjacent to an activating group) is 1. The average Bonchev–Trinajstić information content (AvgIpc) is 2.56. The van der Waals surface area contributed by atoms with Gasteiger partial charge in [0.2, 0.25) is 0 Å². The Kier molecular flexibility index (Phi) is 6.81. The number of aromatic nitrogens is 1. The Balaban J connectivity index is 1.83. The molecule has 0 saturated heterocycles. The average molecular weight is 340 g/mol. The van der Waals surface area contributed by atoms with Crippen LogP contribution >= 0.6 is 0 Å². The maximum Gasteiger partial charge on any atom is 0.193 e. The zero-order valence-electron chi connectivity index (χ0n) is 15.8. The minimum atomic E-state index is 0.600. The summed E-state index contributed by atoms with van der Waals surface area (Å²) in [6.07, 6.45) is 1.81. The third-order valence-electron chi connectivity index (χ3n) is 4.00. The molecular formula is C20H28N4O. The maximum atomic E-state index is 5.88. The van der Waals surface area contributed by atoms with E-state index in [-0.39, 0.29) is 0 Å². The normalized spacial score (nSPS) is 11.3. The molecule has 0 spiro atoms. The smallest absolute Gasteiger partial charge is 0.193 e. The maximum absolute atomic E-state index is 5.88. The molecule has 0 unspecified atom stereocenters. The zero-order valence-corrected chi connectivity index (χ0v) is 15.8. The van der Waals surface area contributed by atoms with E-state index in [1.54, 1.807) is 7.05 Å². The van der Waals surface area contributed by atoms with E-state index in [0.29, 0.717) is 13.2 Å². The Morgan fingerprint density at radius 2 is 1.92 bits per heavy atom. The first kappa shape index (κ1) is 18.8. The molecule has 25 heavy (non-hydrogen) atoms. The quantitative estimate of drug-likeness (QED) is 0.648. The van der Waals surface area contributed by atoms with E-state index in [4.69, 9.17) is 4.74 Å². The van der Waals surface area contributed by atoms with Crippen LogP contribution in [0.4, 0.5) is 0 Å². The molecule has 1 heterocycles. The Bertz CT molecular complexity index is 707. The van der Waals surface area contributed by atoms with Crippen molar-refractivity contribution in [1.29, 1.82) is 0 Å². The monoisotopic (exact) mass is 340 g/mol. The SMILES string of the molecule is CN=C(NCc1ncccc1C)N(C)CCOc1cc(C)cc(C)c1.